The smallest absolute Gasteiger partial charge is 0.271 e. The van der Waals surface area contributed by atoms with Crippen LogP contribution in [0.2, 0.25) is 0 Å². The first-order chi connectivity index (χ1) is 14.5. The molecule has 2 fully saturated rings. The van der Waals surface area contributed by atoms with Crippen LogP contribution in [0.25, 0.3) is 0 Å². The number of ether oxygens (including phenoxy) is 1. The predicted molar refractivity (Wildman–Crippen MR) is 115 cm³/mol. The average molecular weight is 412 g/mol. The molecule has 7 heteroatoms. The minimum absolute atomic E-state index is 0.0163. The van der Waals surface area contributed by atoms with Crippen LogP contribution in [0, 0.1) is 5.92 Å². The third kappa shape index (κ3) is 5.26. The molecule has 2 saturated heterocycles. The number of aromatic nitrogens is 3. The van der Waals surface area contributed by atoms with E-state index in [1.165, 1.54) is 5.56 Å². The number of nitrogens with one attached hydrogen (secondary N) is 2. The van der Waals surface area contributed by atoms with E-state index in [1.54, 1.807) is 0 Å². The first kappa shape index (κ1) is 21.0. The molecule has 0 bridgehead atoms. The van der Waals surface area contributed by atoms with Crippen LogP contribution in [0.5, 0.6) is 0 Å². The number of rotatable bonds is 7. The molecule has 1 atom stereocenters. The lowest BCUT2D eigenvalue weighted by atomic mass is 9.88. The SMILES string of the molecule is CC(C)Cc1cc(C(=O)NCC2CCC3(CCN(Cc4cccnc4)CC3)O2)n[nH]1. The highest BCUT2D eigenvalue weighted by Crippen LogP contribution is 2.39. The maximum atomic E-state index is 12.4. The van der Waals surface area contributed by atoms with Crippen LogP contribution in [-0.4, -0.2) is 57.3 Å². The summed E-state index contributed by atoms with van der Waals surface area (Å²) in [5.74, 6) is 0.400. The van der Waals surface area contributed by atoms with E-state index in [9.17, 15) is 4.79 Å². The van der Waals surface area contributed by atoms with Gasteiger partial charge in [0.25, 0.3) is 5.91 Å². The Morgan fingerprint density at radius 2 is 2.20 bits per heavy atom. The summed E-state index contributed by atoms with van der Waals surface area (Å²) in [5, 5.41) is 10.1. The highest BCUT2D eigenvalue weighted by atomic mass is 16.5. The van der Waals surface area contributed by atoms with Crippen molar-refractivity contribution >= 4 is 5.91 Å². The van der Waals surface area contributed by atoms with Crippen molar-refractivity contribution in [3.8, 4) is 0 Å². The second-order valence-corrected chi connectivity index (χ2v) is 9.19. The predicted octanol–water partition coefficient (Wildman–Crippen LogP) is 2.95. The van der Waals surface area contributed by atoms with Crippen molar-refractivity contribution in [1.82, 2.24) is 25.4 Å². The zero-order valence-corrected chi connectivity index (χ0v) is 18.1. The molecule has 1 spiro atoms. The normalized spacial score (nSPS) is 21.4. The third-order valence-corrected chi connectivity index (χ3v) is 6.22. The molecule has 2 aliphatic heterocycles. The van der Waals surface area contributed by atoms with E-state index >= 15 is 0 Å². The number of pyridine rings is 1. The fourth-order valence-corrected chi connectivity index (χ4v) is 4.59. The monoisotopic (exact) mass is 411 g/mol. The standard InChI is InChI=1S/C23H33N5O2/c1-17(2)12-19-13-21(27-26-19)22(29)25-15-20-5-6-23(30-20)7-10-28(11-8-23)16-18-4-3-9-24-14-18/h3-4,9,13-14,17,20H,5-8,10-12,15-16H2,1-2H3,(H,25,29)(H,26,27). The number of hydrogen-bond acceptors (Lipinski definition) is 5. The van der Waals surface area contributed by atoms with E-state index in [0.717, 1.165) is 57.4 Å². The molecule has 162 valence electrons. The van der Waals surface area contributed by atoms with E-state index in [2.05, 4.69) is 45.3 Å². The Morgan fingerprint density at radius 1 is 1.37 bits per heavy atom. The molecule has 30 heavy (non-hydrogen) atoms. The number of nitrogens with zero attached hydrogens (tertiary/aromatic N) is 3. The van der Waals surface area contributed by atoms with Crippen LogP contribution in [0.4, 0.5) is 0 Å². The van der Waals surface area contributed by atoms with Gasteiger partial charge in [-0.25, -0.2) is 0 Å². The van der Waals surface area contributed by atoms with Crippen LogP contribution in [0.15, 0.2) is 30.6 Å². The molecule has 2 aromatic heterocycles. The molecule has 7 nitrogen and oxygen atoms in total. The number of carbonyl (C=O) groups excluding carboxylic acids is 1. The average Bonchev–Trinajstić information content (AvgIpc) is 3.36. The van der Waals surface area contributed by atoms with Crippen molar-refractivity contribution in [1.29, 1.82) is 0 Å². The van der Waals surface area contributed by atoms with E-state index in [1.807, 2.05) is 24.5 Å². The van der Waals surface area contributed by atoms with Gasteiger partial charge in [0.05, 0.1) is 11.7 Å². The summed E-state index contributed by atoms with van der Waals surface area (Å²) in [7, 11) is 0. The maximum Gasteiger partial charge on any atom is 0.271 e. The molecule has 2 aliphatic rings. The Kier molecular flexibility index (Phi) is 6.49. The van der Waals surface area contributed by atoms with Crippen molar-refractivity contribution < 1.29 is 9.53 Å². The zero-order chi connectivity index (χ0) is 21.0. The van der Waals surface area contributed by atoms with Gasteiger partial charge in [0.15, 0.2) is 0 Å². The Balaban J connectivity index is 1.21. The molecule has 1 unspecified atom stereocenters. The molecule has 1 amide bonds. The highest BCUT2D eigenvalue weighted by Gasteiger charge is 2.42. The molecule has 2 N–H and O–H groups in total. The van der Waals surface area contributed by atoms with Crippen LogP contribution in [0.3, 0.4) is 0 Å². The molecular formula is C23H33N5O2. The Labute approximate surface area is 178 Å². The first-order valence-corrected chi connectivity index (χ1v) is 11.1. The third-order valence-electron chi connectivity index (χ3n) is 6.22. The van der Waals surface area contributed by atoms with Crippen LogP contribution < -0.4 is 5.32 Å². The summed E-state index contributed by atoms with van der Waals surface area (Å²) in [5.41, 5.74) is 2.71. The molecule has 0 saturated carbocycles. The number of H-pyrrole nitrogens is 1. The van der Waals surface area contributed by atoms with Gasteiger partial charge in [-0.15, -0.1) is 0 Å². The number of carbonyl (C=O) groups is 1. The van der Waals surface area contributed by atoms with E-state index in [-0.39, 0.29) is 17.6 Å². The fourth-order valence-electron chi connectivity index (χ4n) is 4.59. The van der Waals surface area contributed by atoms with E-state index in [4.69, 9.17) is 4.74 Å². The molecule has 0 aromatic carbocycles. The zero-order valence-electron chi connectivity index (χ0n) is 18.1. The summed E-state index contributed by atoms with van der Waals surface area (Å²) >= 11 is 0. The second kappa shape index (κ2) is 9.27. The molecule has 4 rings (SSSR count). The molecule has 0 aliphatic carbocycles. The van der Waals surface area contributed by atoms with Crippen molar-refractivity contribution in [3.05, 3.63) is 47.5 Å². The van der Waals surface area contributed by atoms with Crippen molar-refractivity contribution in [2.45, 2.75) is 64.2 Å². The van der Waals surface area contributed by atoms with Crippen LogP contribution in [-0.2, 0) is 17.7 Å². The number of amides is 1. The largest absolute Gasteiger partial charge is 0.370 e. The number of likely N-dealkylation sites (tertiary alicyclic amines) is 1. The van der Waals surface area contributed by atoms with Gasteiger partial charge >= 0.3 is 0 Å². The quantitative estimate of drug-likeness (QED) is 0.732. The van der Waals surface area contributed by atoms with Crippen molar-refractivity contribution in [2.24, 2.45) is 5.92 Å². The van der Waals surface area contributed by atoms with Crippen LogP contribution in [0.1, 0.15) is 61.3 Å². The molecule has 0 radical (unpaired) electrons. The highest BCUT2D eigenvalue weighted by molar-refractivity contribution is 5.92. The van der Waals surface area contributed by atoms with Gasteiger partial charge in [-0.1, -0.05) is 19.9 Å². The summed E-state index contributed by atoms with van der Waals surface area (Å²) in [6.07, 6.45) is 8.93. The van der Waals surface area contributed by atoms with Gasteiger partial charge in [0, 0.05) is 44.3 Å². The van der Waals surface area contributed by atoms with Gasteiger partial charge in [-0.3, -0.25) is 19.8 Å². The van der Waals surface area contributed by atoms with Gasteiger partial charge < -0.3 is 10.1 Å². The lowest BCUT2D eigenvalue weighted by Crippen LogP contribution is -2.44. The van der Waals surface area contributed by atoms with Gasteiger partial charge in [0.1, 0.15) is 5.69 Å². The number of piperidine rings is 1. The summed E-state index contributed by atoms with van der Waals surface area (Å²) in [6, 6.07) is 5.98. The minimum atomic E-state index is -0.128. The van der Waals surface area contributed by atoms with Gasteiger partial charge in [-0.2, -0.15) is 5.10 Å². The van der Waals surface area contributed by atoms with Crippen molar-refractivity contribution in [2.75, 3.05) is 19.6 Å². The lowest BCUT2D eigenvalue weighted by Gasteiger charge is -2.39. The molecule has 4 heterocycles. The second-order valence-electron chi connectivity index (χ2n) is 9.19. The van der Waals surface area contributed by atoms with Crippen LogP contribution >= 0.6 is 0 Å². The topological polar surface area (TPSA) is 83.1 Å². The van der Waals surface area contributed by atoms with Crippen molar-refractivity contribution in [3.63, 3.8) is 0 Å². The van der Waals surface area contributed by atoms with E-state index in [0.29, 0.717) is 18.2 Å². The fraction of sp³-hybridized carbons (Fsp3) is 0.609. The first-order valence-electron chi connectivity index (χ1n) is 11.1. The lowest BCUT2D eigenvalue weighted by molar-refractivity contribution is -0.0764. The van der Waals surface area contributed by atoms with Gasteiger partial charge in [0.2, 0.25) is 0 Å². The summed E-state index contributed by atoms with van der Waals surface area (Å²) in [4.78, 5) is 19.1. The van der Waals surface area contributed by atoms with E-state index < -0.39 is 0 Å². The maximum absolute atomic E-state index is 12.4. The molecule has 2 aromatic rings. The summed E-state index contributed by atoms with van der Waals surface area (Å²) < 4.78 is 6.45. The number of aromatic amines is 1. The molecular weight excluding hydrogens is 378 g/mol. The Bertz CT molecular complexity index is 827. The minimum Gasteiger partial charge on any atom is -0.370 e. The Hall–Kier alpha value is -2.25. The Morgan fingerprint density at radius 3 is 2.93 bits per heavy atom. The summed E-state index contributed by atoms with van der Waals surface area (Å²) in [6.45, 7) is 7.88. The number of hydrogen-bond donors (Lipinski definition) is 2. The van der Waals surface area contributed by atoms with Gasteiger partial charge in [-0.05, 0) is 55.7 Å².